The molecule has 0 unspecified atom stereocenters. The van der Waals surface area contributed by atoms with Crippen molar-refractivity contribution < 1.29 is 9.59 Å². The molecule has 3 aromatic rings. The van der Waals surface area contributed by atoms with Gasteiger partial charge >= 0.3 is 0 Å². The zero-order valence-corrected chi connectivity index (χ0v) is 24.1. The number of ketones is 1. The summed E-state index contributed by atoms with van der Waals surface area (Å²) in [5.74, 6) is 1.89. The van der Waals surface area contributed by atoms with Crippen LogP contribution in [0.5, 0.6) is 0 Å². The summed E-state index contributed by atoms with van der Waals surface area (Å²) in [7, 11) is 0. The van der Waals surface area contributed by atoms with Crippen LogP contribution in [0.1, 0.15) is 56.7 Å². The van der Waals surface area contributed by atoms with E-state index in [9.17, 15) is 9.59 Å². The molecule has 208 valence electrons. The van der Waals surface area contributed by atoms with Crippen LogP contribution in [0.2, 0.25) is 0 Å². The van der Waals surface area contributed by atoms with Gasteiger partial charge in [0.25, 0.3) is 0 Å². The lowest BCUT2D eigenvalue weighted by Gasteiger charge is -2.35. The number of anilines is 2. The Morgan fingerprint density at radius 3 is 2.33 bits per heavy atom. The molecule has 0 spiro atoms. The fourth-order valence-corrected chi connectivity index (χ4v) is 5.19. The Balaban J connectivity index is 1.24. The van der Waals surface area contributed by atoms with E-state index in [1.165, 1.54) is 0 Å². The van der Waals surface area contributed by atoms with Gasteiger partial charge in [-0.1, -0.05) is 74.9 Å². The SMILES string of the molecule is C/C(=C\CN1CCN(c2cc(-c3ccccc3)nc(C(C)(C)C)n2)CC1)CN1C(=O)CCC(=O)c2ccccc21. The van der Waals surface area contributed by atoms with E-state index in [1.807, 2.05) is 42.5 Å². The summed E-state index contributed by atoms with van der Waals surface area (Å²) in [5, 5.41) is 0. The minimum Gasteiger partial charge on any atom is -0.354 e. The number of amides is 1. The molecule has 1 aromatic heterocycles. The molecule has 0 bridgehead atoms. The van der Waals surface area contributed by atoms with Gasteiger partial charge in [0.15, 0.2) is 5.78 Å². The summed E-state index contributed by atoms with van der Waals surface area (Å²) in [6.45, 7) is 13.5. The highest BCUT2D eigenvalue weighted by Crippen LogP contribution is 2.29. The number of carbonyl (C=O) groups is 2. The van der Waals surface area contributed by atoms with Gasteiger partial charge in [0.1, 0.15) is 11.6 Å². The number of hydrogen-bond donors (Lipinski definition) is 0. The number of carbonyl (C=O) groups excluding carboxylic acids is 2. The molecule has 3 heterocycles. The highest BCUT2D eigenvalue weighted by Gasteiger charge is 2.27. The minimum atomic E-state index is -0.147. The van der Waals surface area contributed by atoms with Crippen LogP contribution in [0, 0.1) is 0 Å². The molecule has 40 heavy (non-hydrogen) atoms. The van der Waals surface area contributed by atoms with E-state index in [2.05, 4.69) is 61.8 Å². The molecule has 0 radical (unpaired) electrons. The maximum atomic E-state index is 12.9. The fourth-order valence-electron chi connectivity index (χ4n) is 5.19. The van der Waals surface area contributed by atoms with Crippen molar-refractivity contribution in [2.45, 2.75) is 46.0 Å². The average molecular weight is 538 g/mol. The second-order valence-corrected chi connectivity index (χ2v) is 11.8. The summed E-state index contributed by atoms with van der Waals surface area (Å²) >= 11 is 0. The lowest BCUT2D eigenvalue weighted by Crippen LogP contribution is -2.47. The number of piperazine rings is 1. The maximum Gasteiger partial charge on any atom is 0.227 e. The number of para-hydroxylation sites is 1. The molecule has 2 aliphatic heterocycles. The Hall–Kier alpha value is -3.84. The molecule has 0 atom stereocenters. The van der Waals surface area contributed by atoms with E-state index in [0.29, 0.717) is 12.1 Å². The van der Waals surface area contributed by atoms with Crippen molar-refractivity contribution in [1.82, 2.24) is 14.9 Å². The Labute approximate surface area is 237 Å². The molecule has 7 heteroatoms. The first kappa shape index (κ1) is 27.7. The molecule has 1 saturated heterocycles. The summed E-state index contributed by atoms with van der Waals surface area (Å²) < 4.78 is 0. The Morgan fingerprint density at radius 1 is 0.900 bits per heavy atom. The number of hydrogen-bond acceptors (Lipinski definition) is 6. The van der Waals surface area contributed by atoms with E-state index < -0.39 is 0 Å². The van der Waals surface area contributed by atoms with E-state index in [0.717, 1.165) is 66.9 Å². The summed E-state index contributed by atoms with van der Waals surface area (Å²) in [6.07, 6.45) is 2.75. The number of aromatic nitrogens is 2. The van der Waals surface area contributed by atoms with E-state index in [4.69, 9.17) is 9.97 Å². The van der Waals surface area contributed by atoms with E-state index in [-0.39, 0.29) is 29.9 Å². The van der Waals surface area contributed by atoms with Crippen molar-refractivity contribution >= 4 is 23.2 Å². The van der Waals surface area contributed by atoms with Crippen molar-refractivity contribution in [2.24, 2.45) is 0 Å². The van der Waals surface area contributed by atoms with Gasteiger partial charge in [0.2, 0.25) is 5.91 Å². The van der Waals surface area contributed by atoms with Crippen molar-refractivity contribution in [2.75, 3.05) is 49.1 Å². The van der Waals surface area contributed by atoms with Crippen LogP contribution in [0.15, 0.2) is 72.3 Å². The van der Waals surface area contributed by atoms with Gasteiger partial charge in [0.05, 0.1) is 11.4 Å². The third-order valence-electron chi connectivity index (χ3n) is 7.62. The molecule has 0 saturated carbocycles. The van der Waals surface area contributed by atoms with Gasteiger partial charge in [0, 0.05) is 74.7 Å². The van der Waals surface area contributed by atoms with Gasteiger partial charge in [-0.15, -0.1) is 0 Å². The number of nitrogens with zero attached hydrogens (tertiary/aromatic N) is 5. The predicted molar refractivity (Wildman–Crippen MR) is 161 cm³/mol. The van der Waals surface area contributed by atoms with Crippen molar-refractivity contribution in [1.29, 1.82) is 0 Å². The lowest BCUT2D eigenvalue weighted by atomic mass is 9.95. The zero-order valence-electron chi connectivity index (χ0n) is 24.1. The summed E-state index contributed by atoms with van der Waals surface area (Å²) in [5.41, 5.74) is 4.41. The first-order valence-electron chi connectivity index (χ1n) is 14.2. The fraction of sp³-hybridized carbons (Fsp3) is 0.394. The smallest absolute Gasteiger partial charge is 0.227 e. The van der Waals surface area contributed by atoms with Gasteiger partial charge in [-0.25, -0.2) is 9.97 Å². The monoisotopic (exact) mass is 537 g/mol. The third-order valence-corrected chi connectivity index (χ3v) is 7.62. The van der Waals surface area contributed by atoms with Gasteiger partial charge in [-0.2, -0.15) is 0 Å². The molecule has 2 aliphatic rings. The van der Waals surface area contributed by atoms with Gasteiger partial charge in [-0.05, 0) is 19.1 Å². The average Bonchev–Trinajstić information content (AvgIpc) is 3.08. The maximum absolute atomic E-state index is 12.9. The molecule has 1 amide bonds. The summed E-state index contributed by atoms with van der Waals surface area (Å²) in [6, 6.07) is 19.9. The molecule has 0 N–H and O–H groups in total. The van der Waals surface area contributed by atoms with Crippen molar-refractivity contribution in [3.63, 3.8) is 0 Å². The van der Waals surface area contributed by atoms with Crippen LogP contribution >= 0.6 is 0 Å². The van der Waals surface area contributed by atoms with Crippen molar-refractivity contribution in [3.05, 3.63) is 83.7 Å². The van der Waals surface area contributed by atoms with Crippen LogP contribution < -0.4 is 9.80 Å². The molecular formula is C33H39N5O2. The van der Waals surface area contributed by atoms with Crippen molar-refractivity contribution in [3.8, 4) is 11.3 Å². The first-order valence-corrected chi connectivity index (χ1v) is 14.2. The predicted octanol–water partition coefficient (Wildman–Crippen LogP) is 5.52. The Kier molecular flexibility index (Phi) is 8.12. The highest BCUT2D eigenvalue weighted by atomic mass is 16.2. The van der Waals surface area contributed by atoms with Crippen LogP contribution in [0.3, 0.4) is 0 Å². The van der Waals surface area contributed by atoms with E-state index in [1.54, 1.807) is 4.90 Å². The highest BCUT2D eigenvalue weighted by molar-refractivity contribution is 6.10. The standard InChI is InChI=1S/C33H39N5O2/c1-24(23-38-28-13-9-8-12-26(28)29(39)14-15-31(38)40)16-17-36-18-20-37(21-19-36)30-22-27(25-10-6-5-7-11-25)34-32(35-30)33(2,3)4/h5-13,16,22H,14-15,17-21,23H2,1-4H3/b24-16+. The second kappa shape index (κ2) is 11.7. The molecule has 2 aromatic carbocycles. The lowest BCUT2D eigenvalue weighted by molar-refractivity contribution is -0.118. The quantitative estimate of drug-likeness (QED) is 0.386. The normalized spacial score (nSPS) is 17.1. The van der Waals surface area contributed by atoms with Crippen LogP contribution in [-0.4, -0.2) is 65.8 Å². The van der Waals surface area contributed by atoms with Crippen LogP contribution in [0.25, 0.3) is 11.3 Å². The van der Waals surface area contributed by atoms with Gasteiger partial charge < -0.3 is 9.80 Å². The molecule has 7 nitrogen and oxygen atoms in total. The number of fused-ring (bicyclic) bond motifs is 1. The second-order valence-electron chi connectivity index (χ2n) is 11.8. The zero-order chi connectivity index (χ0) is 28.3. The molecule has 0 aliphatic carbocycles. The molecule has 1 fully saturated rings. The number of rotatable bonds is 6. The minimum absolute atomic E-state index is 0.00835. The van der Waals surface area contributed by atoms with Crippen LogP contribution in [-0.2, 0) is 10.2 Å². The van der Waals surface area contributed by atoms with Gasteiger partial charge in [-0.3, -0.25) is 14.5 Å². The largest absolute Gasteiger partial charge is 0.354 e. The third kappa shape index (κ3) is 6.31. The molecule has 5 rings (SSSR count). The number of benzene rings is 2. The first-order chi connectivity index (χ1) is 19.2. The Bertz CT molecular complexity index is 1400. The molecular weight excluding hydrogens is 498 g/mol. The summed E-state index contributed by atoms with van der Waals surface area (Å²) in [4.78, 5) is 41.8. The number of Topliss-reactive ketones (excluding diaryl/α,β-unsaturated/α-hetero) is 1. The topological polar surface area (TPSA) is 69.6 Å². The van der Waals surface area contributed by atoms with E-state index >= 15 is 0 Å². The van der Waals surface area contributed by atoms with Crippen LogP contribution in [0.4, 0.5) is 11.5 Å². The Morgan fingerprint density at radius 2 is 1.60 bits per heavy atom.